The molecule has 15 heteroatoms. The smallest absolute Gasteiger partial charge is 0.324 e. The molecular formula is C53H67N7O8. The molecule has 4 amide bonds. The minimum atomic E-state index is -1.16. The zero-order valence-corrected chi connectivity index (χ0v) is 40.5. The Morgan fingerprint density at radius 1 is 1.07 bits per heavy atom. The zero-order chi connectivity index (χ0) is 48.6. The molecule has 68 heavy (non-hydrogen) atoms. The van der Waals surface area contributed by atoms with Gasteiger partial charge < -0.3 is 34.3 Å². The molecule has 4 aliphatic rings. The van der Waals surface area contributed by atoms with Crippen LogP contribution in [0.3, 0.4) is 0 Å². The topological polar surface area (TPSA) is 176 Å². The van der Waals surface area contributed by atoms with E-state index in [1.807, 2.05) is 38.4 Å². The lowest BCUT2D eigenvalue weighted by atomic mass is 9.83. The number of pyridine rings is 1. The first-order valence-electron chi connectivity index (χ1n) is 24.2. The number of benzene rings is 2. The van der Waals surface area contributed by atoms with E-state index < -0.39 is 47.2 Å². The van der Waals surface area contributed by atoms with Crippen LogP contribution in [0.1, 0.15) is 89.5 Å². The van der Waals surface area contributed by atoms with Crippen LogP contribution in [-0.2, 0) is 52.8 Å². The summed E-state index contributed by atoms with van der Waals surface area (Å²) in [4.78, 5) is 77.2. The highest BCUT2D eigenvalue weighted by Gasteiger charge is 2.41. The first kappa shape index (κ1) is 48.4. The molecule has 2 aromatic carbocycles. The summed E-state index contributed by atoms with van der Waals surface area (Å²) < 4.78 is 14.6. The Kier molecular flexibility index (Phi) is 14.2. The maximum absolute atomic E-state index is 14.8. The van der Waals surface area contributed by atoms with Crippen molar-refractivity contribution in [2.45, 2.75) is 110 Å². The number of cyclic esters (lactones) is 1. The Bertz CT molecular complexity index is 2600. The molecule has 5 heterocycles. The van der Waals surface area contributed by atoms with Crippen molar-refractivity contribution in [2.75, 3.05) is 40.4 Å². The number of fused-ring (bicyclic) bond motifs is 6. The predicted octanol–water partition coefficient (Wildman–Crippen LogP) is 6.36. The third-order valence-electron chi connectivity index (χ3n) is 14.3. The average Bonchev–Trinajstić information content (AvgIpc) is 3.95. The van der Waals surface area contributed by atoms with E-state index in [4.69, 9.17) is 9.47 Å². The fourth-order valence-corrected chi connectivity index (χ4v) is 10.7. The summed E-state index contributed by atoms with van der Waals surface area (Å²) in [5.41, 5.74) is 9.99. The molecule has 1 unspecified atom stereocenters. The highest BCUT2D eigenvalue weighted by molar-refractivity contribution is 5.96. The van der Waals surface area contributed by atoms with E-state index >= 15 is 0 Å². The van der Waals surface area contributed by atoms with E-state index in [1.54, 1.807) is 31.2 Å². The monoisotopic (exact) mass is 930 g/mol. The molecule has 1 aliphatic carbocycles. The standard InChI is InChI=1S/C53H67N7O8/c1-9-45(62)58-21-18-35(29-58)50(64)57(7)46(31(3)4)49(63)55-43-24-32-22-36(25-37(61)23-32)34-15-16-44-39(26-34)40(27-53(5,6)30-68-52(66)42-12-11-20-60(56-42)51(43)65)47(59(44)10-2)41-28-54-19-17-38(41)48(67-8)33-13-14-33/h9,15-17,19,22-23,25-26,28,31,33,35,42-43,46,48,56,61H,1,10-14,18,20-21,24,27,29-30H2,2-8H3,(H,55,63)/t35?,42-,43-,46-,48-/m0/s1. The normalized spacial score (nSPS) is 21.8. The van der Waals surface area contributed by atoms with Crippen molar-refractivity contribution >= 4 is 40.5 Å². The van der Waals surface area contributed by atoms with E-state index in [1.165, 1.54) is 16.0 Å². The summed E-state index contributed by atoms with van der Waals surface area (Å²) in [5, 5.41) is 16.8. The molecule has 0 spiro atoms. The zero-order valence-electron chi connectivity index (χ0n) is 40.5. The molecule has 2 saturated heterocycles. The number of carbonyl (C=O) groups excluding carboxylic acids is 5. The molecule has 4 aromatic rings. The number of amides is 4. The molecular weight excluding hydrogens is 863 g/mol. The molecule has 2 aromatic heterocycles. The Balaban J connectivity index is 1.20. The Morgan fingerprint density at radius 2 is 1.85 bits per heavy atom. The Labute approximate surface area is 399 Å². The maximum Gasteiger partial charge on any atom is 0.324 e. The van der Waals surface area contributed by atoms with Crippen LogP contribution in [0.5, 0.6) is 5.75 Å². The first-order valence-corrected chi connectivity index (χ1v) is 24.2. The lowest BCUT2D eigenvalue weighted by Crippen LogP contribution is -2.62. The second-order valence-electron chi connectivity index (χ2n) is 20.3. The van der Waals surface area contributed by atoms with Gasteiger partial charge in [-0.25, -0.2) is 5.43 Å². The second kappa shape index (κ2) is 19.9. The summed E-state index contributed by atoms with van der Waals surface area (Å²) in [6.45, 7) is 15.3. The molecule has 1 saturated carbocycles. The summed E-state index contributed by atoms with van der Waals surface area (Å²) in [6.07, 6.45) is 9.07. The van der Waals surface area contributed by atoms with Crippen molar-refractivity contribution < 1.29 is 38.6 Å². The van der Waals surface area contributed by atoms with Gasteiger partial charge in [0.25, 0.3) is 5.91 Å². The minimum absolute atomic E-state index is 0.00627. The first-order chi connectivity index (χ1) is 32.5. The predicted molar refractivity (Wildman–Crippen MR) is 259 cm³/mol. The minimum Gasteiger partial charge on any atom is -0.508 e. The number of nitrogens with one attached hydrogen (secondary N) is 2. The van der Waals surface area contributed by atoms with Crippen LogP contribution in [0.4, 0.5) is 0 Å². The number of rotatable bonds is 11. The van der Waals surface area contributed by atoms with Gasteiger partial charge in [-0.3, -0.25) is 34.0 Å². The average molecular weight is 930 g/mol. The third kappa shape index (κ3) is 9.91. The quantitative estimate of drug-likeness (QED) is 0.113. The molecule has 0 radical (unpaired) electrons. The van der Waals surface area contributed by atoms with E-state index in [9.17, 15) is 29.1 Å². The molecule has 3 N–H and O–H groups in total. The van der Waals surface area contributed by atoms with Gasteiger partial charge in [0.15, 0.2) is 0 Å². The van der Waals surface area contributed by atoms with Gasteiger partial charge in [-0.15, -0.1) is 0 Å². The highest BCUT2D eigenvalue weighted by atomic mass is 16.5. The van der Waals surface area contributed by atoms with Gasteiger partial charge in [-0.2, -0.15) is 0 Å². The summed E-state index contributed by atoms with van der Waals surface area (Å²) in [5.74, 6) is -2.41. The number of nitrogens with zero attached hydrogens (tertiary/aromatic N) is 5. The Hall–Kier alpha value is -6.06. The summed E-state index contributed by atoms with van der Waals surface area (Å²) >= 11 is 0. The van der Waals surface area contributed by atoms with Crippen molar-refractivity contribution in [2.24, 2.45) is 23.2 Å². The van der Waals surface area contributed by atoms with Crippen molar-refractivity contribution in [3.63, 3.8) is 0 Å². The number of phenols is 1. The molecule has 3 aliphatic heterocycles. The number of ether oxygens (including phenoxy) is 2. The van der Waals surface area contributed by atoms with Crippen LogP contribution in [0.15, 0.2) is 67.5 Å². The van der Waals surface area contributed by atoms with Crippen LogP contribution >= 0.6 is 0 Å². The molecule has 15 nitrogen and oxygen atoms in total. The number of phenolic OH excluding ortho intramolecular Hbond substituents is 1. The third-order valence-corrected chi connectivity index (χ3v) is 14.3. The van der Waals surface area contributed by atoms with Gasteiger partial charge in [0.1, 0.15) is 23.9 Å². The lowest BCUT2D eigenvalue weighted by molar-refractivity contribution is -0.155. The van der Waals surface area contributed by atoms with Crippen LogP contribution in [0.2, 0.25) is 0 Å². The van der Waals surface area contributed by atoms with E-state index in [2.05, 4.69) is 65.8 Å². The number of methoxy groups -OCH3 is 1. The molecule has 362 valence electrons. The summed E-state index contributed by atoms with van der Waals surface area (Å²) in [7, 11) is 3.36. The Morgan fingerprint density at radius 3 is 2.56 bits per heavy atom. The van der Waals surface area contributed by atoms with Crippen molar-refractivity contribution in [3.05, 3.63) is 84.2 Å². The van der Waals surface area contributed by atoms with E-state index in [0.717, 1.165) is 57.3 Å². The van der Waals surface area contributed by atoms with Crippen LogP contribution in [-0.4, -0.2) is 118 Å². The fraction of sp³-hybridized carbons (Fsp3) is 0.509. The van der Waals surface area contributed by atoms with Gasteiger partial charge >= 0.3 is 5.97 Å². The fourth-order valence-electron chi connectivity index (χ4n) is 10.7. The van der Waals surface area contributed by atoms with Crippen LogP contribution in [0, 0.1) is 23.2 Å². The number of aromatic nitrogens is 2. The lowest BCUT2D eigenvalue weighted by Gasteiger charge is -2.37. The van der Waals surface area contributed by atoms with Gasteiger partial charge in [-0.05, 0) is 122 Å². The van der Waals surface area contributed by atoms with Crippen LogP contribution < -0.4 is 10.7 Å². The molecule has 8 rings (SSSR count). The van der Waals surface area contributed by atoms with Crippen molar-refractivity contribution in [3.8, 4) is 28.1 Å². The van der Waals surface area contributed by atoms with Crippen LogP contribution in [0.25, 0.3) is 33.3 Å². The number of aryl methyl sites for hydroxylation is 1. The maximum atomic E-state index is 14.8. The van der Waals surface area contributed by atoms with Gasteiger partial charge in [-0.1, -0.05) is 46.4 Å². The van der Waals surface area contributed by atoms with E-state index in [0.29, 0.717) is 50.3 Å². The number of hydrazine groups is 1. The number of hydrogen-bond donors (Lipinski definition) is 3. The number of carbonyl (C=O) groups is 5. The second-order valence-corrected chi connectivity index (χ2v) is 20.3. The number of hydrogen-bond acceptors (Lipinski definition) is 10. The highest BCUT2D eigenvalue weighted by Crippen LogP contribution is 2.48. The van der Waals surface area contributed by atoms with Gasteiger partial charge in [0.05, 0.1) is 24.3 Å². The number of likely N-dealkylation sites (N-methyl/N-ethyl adjacent to an activating group) is 1. The summed E-state index contributed by atoms with van der Waals surface area (Å²) in [6, 6.07) is 10.7. The van der Waals surface area contributed by atoms with Gasteiger partial charge in [0, 0.05) is 81.0 Å². The molecule has 3 fully saturated rings. The van der Waals surface area contributed by atoms with Gasteiger partial charge in [0.2, 0.25) is 17.7 Å². The number of esters is 1. The number of aromatic hydroxyl groups is 1. The number of likely N-dealkylation sites (tertiary alicyclic amines) is 1. The SMILES string of the molecule is C=CC(=O)N1CCC(C(=O)N(C)[C@H](C(=O)N[C@H]2Cc3cc(O)cc(c3)-c3ccc4c(c3)c(c(-c3cnccc3[C@@H](OC)C3CC3)n4CC)CC(C)(C)COC(=O)[C@@H]3CCCN(N3)C2=O)C(C)C)C1. The largest absolute Gasteiger partial charge is 0.508 e. The van der Waals surface area contributed by atoms with Crippen molar-refractivity contribution in [1.82, 2.24) is 35.1 Å². The molecule has 5 atom stereocenters. The van der Waals surface area contributed by atoms with Crippen molar-refractivity contribution in [1.29, 1.82) is 0 Å². The van der Waals surface area contributed by atoms with E-state index in [-0.39, 0.29) is 55.7 Å². The molecule has 6 bridgehead atoms.